The second-order valence-electron chi connectivity index (χ2n) is 18.1. The molecule has 3 fully saturated rings. The first-order chi connectivity index (χ1) is 31.0. The summed E-state index contributed by atoms with van der Waals surface area (Å²) < 4.78 is 62.2. The van der Waals surface area contributed by atoms with Crippen molar-refractivity contribution in [1.82, 2.24) is 5.32 Å². The van der Waals surface area contributed by atoms with Gasteiger partial charge in [0.1, 0.15) is 23.9 Å². The molecule has 0 aromatic heterocycles. The lowest BCUT2D eigenvalue weighted by molar-refractivity contribution is -0.343. The van der Waals surface area contributed by atoms with E-state index in [0.717, 1.165) is 20.1 Å². The Balaban J connectivity index is 1.43. The van der Waals surface area contributed by atoms with E-state index in [2.05, 4.69) is 5.32 Å². The van der Waals surface area contributed by atoms with Crippen molar-refractivity contribution in [3.63, 3.8) is 0 Å². The summed E-state index contributed by atoms with van der Waals surface area (Å²) in [6.07, 6.45) is -10.6. The highest BCUT2D eigenvalue weighted by atomic mass is 32.2. The summed E-state index contributed by atoms with van der Waals surface area (Å²) in [5, 5.41) is 28.4. The van der Waals surface area contributed by atoms with Crippen LogP contribution in [0.3, 0.4) is 0 Å². The summed E-state index contributed by atoms with van der Waals surface area (Å²) in [7, 11) is -4.40. The highest BCUT2D eigenvalue weighted by Gasteiger charge is 2.79. The van der Waals surface area contributed by atoms with E-state index in [1.165, 1.54) is 39.8 Å². The predicted molar refractivity (Wildman–Crippen MR) is 231 cm³/mol. The monoisotopic (exact) mass is 931 g/mol. The van der Waals surface area contributed by atoms with Crippen LogP contribution in [0.25, 0.3) is 0 Å². The quantitative estimate of drug-likeness (QED) is 0.101. The number of ether oxygens (including phenoxy) is 5. The van der Waals surface area contributed by atoms with Gasteiger partial charge >= 0.3 is 23.9 Å². The Morgan fingerprint density at radius 3 is 1.94 bits per heavy atom. The number of hydrogen-bond acceptors (Lipinski definition) is 16. The molecule has 66 heavy (non-hydrogen) atoms. The van der Waals surface area contributed by atoms with Crippen LogP contribution in [-0.4, -0.2) is 115 Å². The third kappa shape index (κ3) is 8.44. The van der Waals surface area contributed by atoms with Gasteiger partial charge in [0.15, 0.2) is 23.6 Å². The van der Waals surface area contributed by atoms with Crippen LogP contribution in [0.1, 0.15) is 86.7 Å². The van der Waals surface area contributed by atoms with Crippen molar-refractivity contribution < 1.29 is 75.3 Å². The third-order valence-corrected chi connectivity index (χ3v) is 14.3. The molecule has 0 spiro atoms. The lowest BCUT2D eigenvalue weighted by atomic mass is 9.44. The van der Waals surface area contributed by atoms with Crippen molar-refractivity contribution in [2.24, 2.45) is 16.7 Å². The number of fused-ring (bicyclic) bond motifs is 5. The lowest BCUT2D eigenvalue weighted by Gasteiger charge is -2.67. The first-order valence-electron chi connectivity index (χ1n) is 21.4. The van der Waals surface area contributed by atoms with Gasteiger partial charge in [0.05, 0.1) is 41.9 Å². The average Bonchev–Trinajstić information content (AvgIpc) is 3.26. The largest absolute Gasteiger partial charge is 0.456 e. The average molecular weight is 932 g/mol. The van der Waals surface area contributed by atoms with Crippen molar-refractivity contribution >= 4 is 45.7 Å². The molecular formula is C48H53NO16S. The van der Waals surface area contributed by atoms with E-state index in [-0.39, 0.29) is 28.7 Å². The molecule has 11 atom stereocenters. The fourth-order valence-corrected chi connectivity index (χ4v) is 11.2. The zero-order chi connectivity index (χ0) is 48.1. The van der Waals surface area contributed by atoms with Crippen LogP contribution in [0.4, 0.5) is 0 Å². The summed E-state index contributed by atoms with van der Waals surface area (Å²) in [4.78, 5) is 84.5. The fraction of sp³-hybridized carbons (Fsp3) is 0.458. The van der Waals surface area contributed by atoms with Crippen LogP contribution >= 0.6 is 0 Å². The summed E-state index contributed by atoms with van der Waals surface area (Å²) in [6.45, 7) is 7.56. The van der Waals surface area contributed by atoms with E-state index >= 15 is 4.79 Å². The Kier molecular flexibility index (Phi) is 13.0. The summed E-state index contributed by atoms with van der Waals surface area (Å²) in [5.41, 5.74) is -7.84. The van der Waals surface area contributed by atoms with Crippen LogP contribution in [0.2, 0.25) is 0 Å². The maximum Gasteiger partial charge on any atom is 0.338 e. The van der Waals surface area contributed by atoms with E-state index in [1.807, 2.05) is 0 Å². The van der Waals surface area contributed by atoms with Gasteiger partial charge in [-0.2, -0.15) is 8.42 Å². The Labute approximate surface area is 381 Å². The Morgan fingerprint density at radius 1 is 0.833 bits per heavy atom. The number of ketones is 1. The normalized spacial score (nSPS) is 30.9. The van der Waals surface area contributed by atoms with Gasteiger partial charge in [-0.05, 0) is 54.8 Å². The zero-order valence-corrected chi connectivity index (χ0v) is 38.2. The lowest BCUT2D eigenvalue weighted by Crippen LogP contribution is -2.82. The van der Waals surface area contributed by atoms with Gasteiger partial charge in [-0.3, -0.25) is 23.4 Å². The first kappa shape index (κ1) is 48.2. The van der Waals surface area contributed by atoms with E-state index in [0.29, 0.717) is 5.56 Å². The maximum absolute atomic E-state index is 15.9. The summed E-state index contributed by atoms with van der Waals surface area (Å²) in [5.74, 6) is -7.41. The molecule has 1 amide bonds. The standard InChI is InChI=1S/C48H53NO16S/c1-26-32(62-44(56)37(52)36(29-17-11-8-12-18-29)49-42(54)30-19-13-9-14-20-30)24-48(57)41(63-43(55)31-21-15-10-16-22-31)39-46(6,40(53)38(61-27(2)50)35(26)45(48,4)5)33(65-66(7,58)59)23-34-47(39,25-60-34)64-28(3)51/h8-22,32-34,36-39,41,52,57H,23-25H2,1-7H3,(H,49,54)/t32-,33-,34+,36-,37+,38+,39?,41?,46+,47-,48+/m0/s1. The molecule has 2 saturated carbocycles. The number of esters is 4. The van der Waals surface area contributed by atoms with Crippen LogP contribution in [0.15, 0.2) is 102 Å². The molecule has 17 nitrogen and oxygen atoms in total. The Bertz CT molecular complexity index is 2550. The van der Waals surface area contributed by atoms with Gasteiger partial charge in [0.2, 0.25) is 0 Å². The van der Waals surface area contributed by atoms with Gasteiger partial charge in [-0.15, -0.1) is 0 Å². The number of benzene rings is 3. The van der Waals surface area contributed by atoms with Gasteiger partial charge in [-0.25, -0.2) is 9.59 Å². The van der Waals surface area contributed by atoms with Gasteiger partial charge in [-0.1, -0.05) is 80.6 Å². The molecular weight excluding hydrogens is 879 g/mol. The minimum atomic E-state index is -4.40. The van der Waals surface area contributed by atoms with Crippen molar-refractivity contribution in [1.29, 1.82) is 0 Å². The van der Waals surface area contributed by atoms with E-state index < -0.39 is 129 Å². The molecule has 352 valence electrons. The smallest absolute Gasteiger partial charge is 0.338 e. The predicted octanol–water partition coefficient (Wildman–Crippen LogP) is 3.72. The highest BCUT2D eigenvalue weighted by molar-refractivity contribution is 7.86. The van der Waals surface area contributed by atoms with Crippen LogP contribution in [0, 0.1) is 16.7 Å². The minimum absolute atomic E-state index is 0.00725. The zero-order valence-electron chi connectivity index (χ0n) is 37.4. The number of carbonyl (C=O) groups excluding carboxylic acids is 6. The van der Waals surface area contributed by atoms with Crippen LogP contribution in [0.5, 0.6) is 0 Å². The Hall–Kier alpha value is -5.79. The van der Waals surface area contributed by atoms with Crippen molar-refractivity contribution in [3.05, 3.63) is 119 Å². The second-order valence-corrected chi connectivity index (χ2v) is 19.7. The molecule has 4 aliphatic rings. The van der Waals surface area contributed by atoms with Gasteiger partial charge in [0.25, 0.3) is 16.0 Å². The van der Waals surface area contributed by atoms with E-state index in [1.54, 1.807) is 78.9 Å². The van der Waals surface area contributed by atoms with Gasteiger partial charge in [0, 0.05) is 37.7 Å². The molecule has 2 bridgehead atoms. The third-order valence-electron chi connectivity index (χ3n) is 13.7. The molecule has 3 aliphatic carbocycles. The first-order valence-corrected chi connectivity index (χ1v) is 23.2. The molecule has 3 aromatic carbocycles. The molecule has 18 heteroatoms. The maximum atomic E-state index is 15.9. The number of Topliss-reactive ketones (excluding diaryl/α,β-unsaturated/α-hetero) is 1. The molecule has 1 aliphatic heterocycles. The van der Waals surface area contributed by atoms with Crippen molar-refractivity contribution in [2.45, 2.75) is 108 Å². The number of amides is 1. The molecule has 1 heterocycles. The van der Waals surface area contributed by atoms with E-state index in [4.69, 9.17) is 27.9 Å². The van der Waals surface area contributed by atoms with Gasteiger partial charge < -0.3 is 39.2 Å². The number of aliphatic hydroxyl groups excluding tert-OH is 1. The second kappa shape index (κ2) is 17.8. The number of rotatable bonds is 12. The summed E-state index contributed by atoms with van der Waals surface area (Å²) >= 11 is 0. The molecule has 3 N–H and O–H groups in total. The van der Waals surface area contributed by atoms with Crippen molar-refractivity contribution in [3.8, 4) is 0 Å². The molecule has 3 aromatic rings. The van der Waals surface area contributed by atoms with E-state index in [9.17, 15) is 42.6 Å². The molecule has 0 radical (unpaired) electrons. The van der Waals surface area contributed by atoms with Crippen molar-refractivity contribution in [2.75, 3.05) is 12.9 Å². The fourth-order valence-electron chi connectivity index (χ4n) is 10.5. The SMILES string of the molecule is CC(=O)O[C@H]1C(=O)[C@@]2(C)C(C(OC(=O)c3ccccc3)[C@]3(O)C[C@H](OC(=O)[C@H](O)[C@@H](NC(=O)c4ccccc4)c4ccccc4)C(C)=C1C3(C)C)[C@]1(OC(C)=O)CO[C@@H]1C[C@@H]2OS(C)(=O)=O. The number of aliphatic hydroxyl groups is 2. The number of carbonyl (C=O) groups is 6. The Morgan fingerprint density at radius 2 is 1.41 bits per heavy atom. The molecule has 1 saturated heterocycles. The minimum Gasteiger partial charge on any atom is -0.456 e. The molecule has 7 rings (SSSR count). The highest BCUT2D eigenvalue weighted by Crippen LogP contribution is 2.65. The number of hydrogen-bond donors (Lipinski definition) is 3. The van der Waals surface area contributed by atoms with Crippen LogP contribution in [-0.2, 0) is 57.2 Å². The molecule has 2 unspecified atom stereocenters. The topological polar surface area (TPSA) is 244 Å². The summed E-state index contributed by atoms with van der Waals surface area (Å²) in [6, 6.07) is 22.5. The number of nitrogens with one attached hydrogen (secondary N) is 1. The van der Waals surface area contributed by atoms with Crippen LogP contribution < -0.4 is 5.32 Å².